The van der Waals surface area contributed by atoms with Crippen LogP contribution < -0.4 is 34.7 Å². The van der Waals surface area contributed by atoms with Gasteiger partial charge in [-0.25, -0.2) is 4.39 Å². The number of phenolic OH excluding ortho intramolecular Hbond substituents is 1. The number of hydrogen-bond donors (Lipinski definition) is 1. The SMILES string of the molecule is O=C([O-])CCCCCN=C(c1ccccc1)c1cc(F)ccc1O.[Na+]. The van der Waals surface area contributed by atoms with Crippen LogP contribution in [0.25, 0.3) is 0 Å². The van der Waals surface area contributed by atoms with Crippen molar-refractivity contribution in [1.82, 2.24) is 0 Å². The molecule has 1 N–H and O–H groups in total. The smallest absolute Gasteiger partial charge is 0.550 e. The van der Waals surface area contributed by atoms with Gasteiger partial charge in [0.2, 0.25) is 0 Å². The normalized spacial score (nSPS) is 11.0. The van der Waals surface area contributed by atoms with Crippen molar-refractivity contribution in [2.75, 3.05) is 6.54 Å². The molecule has 0 aliphatic carbocycles. The number of carboxylic acid groups (broad SMARTS) is 1. The number of carboxylic acids is 1. The van der Waals surface area contributed by atoms with Gasteiger partial charge in [-0.1, -0.05) is 36.8 Å². The van der Waals surface area contributed by atoms with E-state index in [-0.39, 0.29) is 41.7 Å². The molecule has 0 spiro atoms. The number of nitrogens with zero attached hydrogens (tertiary/aromatic N) is 1. The predicted molar refractivity (Wildman–Crippen MR) is 88.5 cm³/mol. The maximum Gasteiger partial charge on any atom is 1.00 e. The maximum absolute atomic E-state index is 13.6. The van der Waals surface area contributed by atoms with E-state index in [1.54, 1.807) is 0 Å². The molecule has 6 heteroatoms. The summed E-state index contributed by atoms with van der Waals surface area (Å²) < 4.78 is 13.6. The van der Waals surface area contributed by atoms with Crippen LogP contribution in [0.5, 0.6) is 5.75 Å². The molecule has 0 aliphatic rings. The minimum absolute atomic E-state index is 0. The standard InChI is InChI=1S/C19H20FNO3.Na/c20-15-10-11-17(22)16(13-15)19(14-7-3-1-4-8-14)21-12-6-2-5-9-18(23)24;/h1,3-4,7-8,10-11,13,22H,2,5-6,9,12H2,(H,23,24);/q;+1/p-1. The second-order valence-electron chi connectivity index (χ2n) is 5.44. The number of carbonyl (C=O) groups is 1. The minimum atomic E-state index is -1.05. The largest absolute Gasteiger partial charge is 1.00 e. The van der Waals surface area contributed by atoms with Crippen molar-refractivity contribution in [3.63, 3.8) is 0 Å². The minimum Gasteiger partial charge on any atom is -0.550 e. The Kier molecular flexibility index (Phi) is 9.42. The summed E-state index contributed by atoms with van der Waals surface area (Å²) in [5.41, 5.74) is 1.65. The summed E-state index contributed by atoms with van der Waals surface area (Å²) in [4.78, 5) is 14.9. The van der Waals surface area contributed by atoms with Crippen LogP contribution >= 0.6 is 0 Å². The third kappa shape index (κ3) is 6.98. The van der Waals surface area contributed by atoms with Gasteiger partial charge in [0.15, 0.2) is 0 Å². The second kappa shape index (κ2) is 11.0. The summed E-state index contributed by atoms with van der Waals surface area (Å²) >= 11 is 0. The van der Waals surface area contributed by atoms with Crippen LogP contribution in [0.2, 0.25) is 0 Å². The van der Waals surface area contributed by atoms with E-state index >= 15 is 0 Å². The first-order chi connectivity index (χ1) is 11.6. The molecule has 0 unspecified atom stereocenters. The van der Waals surface area contributed by atoms with Crippen LogP contribution in [0.15, 0.2) is 53.5 Å². The Morgan fingerprint density at radius 3 is 2.48 bits per heavy atom. The fourth-order valence-corrected chi connectivity index (χ4v) is 2.37. The van der Waals surface area contributed by atoms with Gasteiger partial charge in [-0.2, -0.15) is 0 Å². The number of carbonyl (C=O) groups excluding carboxylic acids is 1. The molecule has 0 heterocycles. The summed E-state index contributed by atoms with van der Waals surface area (Å²) in [6, 6.07) is 13.0. The Labute approximate surface area is 168 Å². The molecule has 2 aromatic carbocycles. The summed E-state index contributed by atoms with van der Waals surface area (Å²) in [7, 11) is 0. The average Bonchev–Trinajstić information content (AvgIpc) is 2.57. The molecule has 126 valence electrons. The van der Waals surface area contributed by atoms with Crippen molar-refractivity contribution < 1.29 is 49.0 Å². The third-order valence-corrected chi connectivity index (χ3v) is 3.57. The van der Waals surface area contributed by atoms with E-state index in [0.717, 1.165) is 5.56 Å². The molecule has 2 rings (SSSR count). The maximum atomic E-state index is 13.6. The van der Waals surface area contributed by atoms with Crippen molar-refractivity contribution >= 4 is 11.7 Å². The molecule has 0 amide bonds. The summed E-state index contributed by atoms with van der Waals surface area (Å²) in [6.45, 7) is 0.466. The van der Waals surface area contributed by atoms with Crippen LogP contribution in [-0.4, -0.2) is 23.3 Å². The van der Waals surface area contributed by atoms with Crippen LogP contribution in [0.3, 0.4) is 0 Å². The molecule has 0 bridgehead atoms. The van der Waals surface area contributed by atoms with Gasteiger partial charge in [0, 0.05) is 23.6 Å². The van der Waals surface area contributed by atoms with Gasteiger partial charge in [0.05, 0.1) is 5.71 Å². The van der Waals surface area contributed by atoms with Gasteiger partial charge in [0.1, 0.15) is 11.6 Å². The van der Waals surface area contributed by atoms with Crippen molar-refractivity contribution in [2.45, 2.75) is 25.7 Å². The van der Waals surface area contributed by atoms with Crippen LogP contribution in [-0.2, 0) is 4.79 Å². The molecule has 0 radical (unpaired) electrons. The zero-order valence-corrected chi connectivity index (χ0v) is 16.2. The number of aromatic hydroxyl groups is 1. The molecule has 0 aromatic heterocycles. The number of halogens is 1. The number of aliphatic imine (C=N–C) groups is 1. The number of hydrogen-bond acceptors (Lipinski definition) is 4. The van der Waals surface area contributed by atoms with Crippen molar-refractivity contribution in [2.24, 2.45) is 4.99 Å². The molecular formula is C19H19FNNaO3. The first-order valence-electron chi connectivity index (χ1n) is 7.86. The third-order valence-electron chi connectivity index (χ3n) is 3.57. The zero-order valence-electron chi connectivity index (χ0n) is 14.2. The van der Waals surface area contributed by atoms with Gasteiger partial charge < -0.3 is 15.0 Å². The molecule has 0 saturated heterocycles. The van der Waals surface area contributed by atoms with Crippen LogP contribution in [0.1, 0.15) is 36.8 Å². The monoisotopic (exact) mass is 351 g/mol. The van der Waals surface area contributed by atoms with Crippen molar-refractivity contribution in [3.05, 3.63) is 65.5 Å². The number of phenols is 1. The van der Waals surface area contributed by atoms with Gasteiger partial charge in [0.25, 0.3) is 0 Å². The summed E-state index contributed by atoms with van der Waals surface area (Å²) in [5, 5.41) is 20.4. The fraction of sp³-hybridized carbons (Fsp3) is 0.263. The average molecular weight is 351 g/mol. The van der Waals surface area contributed by atoms with Gasteiger partial charge in [-0.15, -0.1) is 0 Å². The van der Waals surface area contributed by atoms with E-state index in [2.05, 4.69) is 4.99 Å². The molecule has 0 saturated carbocycles. The number of rotatable bonds is 8. The van der Waals surface area contributed by atoms with Gasteiger partial charge in [-0.3, -0.25) is 4.99 Å². The van der Waals surface area contributed by atoms with E-state index in [1.807, 2.05) is 30.3 Å². The van der Waals surface area contributed by atoms with Gasteiger partial charge in [-0.05, 0) is 37.5 Å². The first-order valence-corrected chi connectivity index (χ1v) is 7.86. The van der Waals surface area contributed by atoms with E-state index in [0.29, 0.717) is 37.1 Å². The zero-order chi connectivity index (χ0) is 17.4. The van der Waals surface area contributed by atoms with E-state index in [1.165, 1.54) is 18.2 Å². The summed E-state index contributed by atoms with van der Waals surface area (Å²) in [5.74, 6) is -1.52. The molecular weight excluding hydrogens is 332 g/mol. The quantitative estimate of drug-likeness (QED) is 0.403. The molecule has 4 nitrogen and oxygen atoms in total. The van der Waals surface area contributed by atoms with Gasteiger partial charge >= 0.3 is 29.6 Å². The fourth-order valence-electron chi connectivity index (χ4n) is 2.37. The molecule has 0 aliphatic heterocycles. The first kappa shape index (κ1) is 21.4. The van der Waals surface area contributed by atoms with E-state index in [4.69, 9.17) is 0 Å². The Morgan fingerprint density at radius 2 is 1.80 bits per heavy atom. The molecule has 0 fully saturated rings. The predicted octanol–water partition coefficient (Wildman–Crippen LogP) is -0.317. The second-order valence-corrected chi connectivity index (χ2v) is 5.44. The number of benzene rings is 2. The Bertz CT molecular complexity index is 720. The summed E-state index contributed by atoms with van der Waals surface area (Å²) in [6.07, 6.45) is 2.01. The van der Waals surface area contributed by atoms with E-state index < -0.39 is 11.8 Å². The molecule has 25 heavy (non-hydrogen) atoms. The van der Waals surface area contributed by atoms with Crippen molar-refractivity contribution in [3.8, 4) is 5.75 Å². The van der Waals surface area contributed by atoms with Crippen LogP contribution in [0.4, 0.5) is 4.39 Å². The Morgan fingerprint density at radius 1 is 1.08 bits per heavy atom. The van der Waals surface area contributed by atoms with E-state index in [9.17, 15) is 19.4 Å². The van der Waals surface area contributed by atoms with Crippen molar-refractivity contribution in [1.29, 1.82) is 0 Å². The number of aliphatic carboxylic acids is 1. The molecule has 2 aromatic rings. The number of unbranched alkanes of at least 4 members (excludes halogenated alkanes) is 2. The Balaban J connectivity index is 0.00000312. The van der Waals surface area contributed by atoms with Crippen LogP contribution in [0, 0.1) is 5.82 Å². The topological polar surface area (TPSA) is 72.7 Å². The Hall–Kier alpha value is -1.69. The molecule has 0 atom stereocenters.